The van der Waals surface area contributed by atoms with Crippen molar-refractivity contribution in [1.82, 2.24) is 0 Å². The molecule has 0 radical (unpaired) electrons. The van der Waals surface area contributed by atoms with Gasteiger partial charge < -0.3 is 9.47 Å². The Kier molecular flexibility index (Phi) is 10.5. The van der Waals surface area contributed by atoms with Gasteiger partial charge in [0.15, 0.2) is 5.78 Å². The second kappa shape index (κ2) is 11.8. The maximum atomic E-state index is 12.1. The summed E-state index contributed by atoms with van der Waals surface area (Å²) in [5, 5.41) is 0. The van der Waals surface area contributed by atoms with E-state index in [1.165, 1.54) is 25.7 Å². The fourth-order valence-electron chi connectivity index (χ4n) is 3.31. The highest BCUT2D eigenvalue weighted by Gasteiger charge is 2.27. The Labute approximate surface area is 142 Å². The lowest BCUT2D eigenvalue weighted by Gasteiger charge is -2.16. The van der Waals surface area contributed by atoms with E-state index in [-0.39, 0.29) is 12.0 Å². The molecule has 0 saturated carbocycles. The molecule has 0 aromatic heterocycles. The molecule has 1 aliphatic rings. The quantitative estimate of drug-likeness (QED) is 0.443. The van der Waals surface area contributed by atoms with Crippen LogP contribution in [0.1, 0.15) is 79.1 Å². The predicted molar refractivity (Wildman–Crippen MR) is 95.7 cm³/mol. The molecule has 0 amide bonds. The Hall–Kier alpha value is -0.670. The van der Waals surface area contributed by atoms with Gasteiger partial charge in [-0.2, -0.15) is 0 Å². The number of carbonyl (C=O) groups excluding carboxylic acids is 1. The largest absolute Gasteiger partial charge is 0.379 e. The number of carbonyl (C=O) groups is 1. The molecule has 0 heterocycles. The molecule has 1 rings (SSSR count). The highest BCUT2D eigenvalue weighted by Crippen LogP contribution is 2.28. The molecule has 0 N–H and O–H groups in total. The van der Waals surface area contributed by atoms with E-state index in [4.69, 9.17) is 9.47 Å². The minimum Gasteiger partial charge on any atom is -0.379 e. The van der Waals surface area contributed by atoms with Gasteiger partial charge in [-0.1, -0.05) is 31.8 Å². The van der Waals surface area contributed by atoms with E-state index in [1.54, 1.807) is 0 Å². The Bertz CT molecular complexity index is 362. The third kappa shape index (κ3) is 8.12. The fourth-order valence-corrected chi connectivity index (χ4v) is 3.31. The first kappa shape index (κ1) is 20.4. The van der Waals surface area contributed by atoms with Gasteiger partial charge in [0.25, 0.3) is 0 Å². The number of rotatable bonds is 13. The van der Waals surface area contributed by atoms with Crippen molar-refractivity contribution < 1.29 is 14.3 Å². The summed E-state index contributed by atoms with van der Waals surface area (Å²) in [5.74, 6) is 0.629. The molecule has 0 aliphatic heterocycles. The van der Waals surface area contributed by atoms with E-state index in [9.17, 15) is 4.79 Å². The van der Waals surface area contributed by atoms with Crippen molar-refractivity contribution in [2.24, 2.45) is 5.92 Å². The van der Waals surface area contributed by atoms with Gasteiger partial charge in [0.2, 0.25) is 0 Å². The van der Waals surface area contributed by atoms with Gasteiger partial charge in [-0.15, -0.1) is 0 Å². The zero-order valence-electron chi connectivity index (χ0n) is 15.6. The van der Waals surface area contributed by atoms with Crippen molar-refractivity contribution in [3.63, 3.8) is 0 Å². The standard InChI is InChI=1S/C20H36O3/c1-5-22-16(3)12-10-8-7-9-11-13-18-14-19(15-20(18)21)17(4)23-6-2/h14,16-17,19H,5-13,15H2,1-4H3. The van der Waals surface area contributed by atoms with Crippen LogP contribution in [-0.2, 0) is 14.3 Å². The molecule has 0 saturated heterocycles. The first-order valence-electron chi connectivity index (χ1n) is 9.55. The fraction of sp³-hybridized carbons (Fsp3) is 0.850. The highest BCUT2D eigenvalue weighted by molar-refractivity contribution is 5.98. The zero-order chi connectivity index (χ0) is 17.1. The summed E-state index contributed by atoms with van der Waals surface area (Å²) in [6.07, 6.45) is 11.6. The third-order valence-electron chi connectivity index (χ3n) is 4.73. The molecule has 1 aliphatic carbocycles. The second-order valence-corrected chi connectivity index (χ2v) is 6.72. The summed E-state index contributed by atoms with van der Waals surface area (Å²) in [6, 6.07) is 0. The zero-order valence-corrected chi connectivity index (χ0v) is 15.6. The summed E-state index contributed by atoms with van der Waals surface area (Å²) in [7, 11) is 0. The topological polar surface area (TPSA) is 35.5 Å². The van der Waals surface area contributed by atoms with Crippen molar-refractivity contribution in [3.05, 3.63) is 11.6 Å². The van der Waals surface area contributed by atoms with Crippen LogP contribution in [0.25, 0.3) is 0 Å². The summed E-state index contributed by atoms with van der Waals surface area (Å²) >= 11 is 0. The van der Waals surface area contributed by atoms with E-state index in [0.717, 1.165) is 38.0 Å². The van der Waals surface area contributed by atoms with Crippen molar-refractivity contribution >= 4 is 5.78 Å². The molecule has 23 heavy (non-hydrogen) atoms. The van der Waals surface area contributed by atoms with Gasteiger partial charge in [-0.05, 0) is 52.5 Å². The summed E-state index contributed by atoms with van der Waals surface area (Å²) in [5.41, 5.74) is 1.05. The van der Waals surface area contributed by atoms with Gasteiger partial charge in [0.05, 0.1) is 12.2 Å². The Morgan fingerprint density at radius 2 is 1.70 bits per heavy atom. The Morgan fingerprint density at radius 3 is 2.39 bits per heavy atom. The molecule has 0 fully saturated rings. The number of hydrogen-bond donors (Lipinski definition) is 0. The molecule has 3 nitrogen and oxygen atoms in total. The van der Waals surface area contributed by atoms with E-state index >= 15 is 0 Å². The molecule has 0 aromatic carbocycles. The van der Waals surface area contributed by atoms with E-state index < -0.39 is 0 Å². The van der Waals surface area contributed by atoms with Crippen LogP contribution in [0.5, 0.6) is 0 Å². The number of allylic oxidation sites excluding steroid dienone is 1. The maximum absolute atomic E-state index is 12.1. The van der Waals surface area contributed by atoms with Crippen LogP contribution in [0, 0.1) is 5.92 Å². The first-order chi connectivity index (χ1) is 11.1. The predicted octanol–water partition coefficient (Wildman–Crippen LogP) is 5.08. The summed E-state index contributed by atoms with van der Waals surface area (Å²) in [6.45, 7) is 9.82. The second-order valence-electron chi connectivity index (χ2n) is 6.72. The van der Waals surface area contributed by atoms with Crippen LogP contribution in [0.3, 0.4) is 0 Å². The van der Waals surface area contributed by atoms with Crippen molar-refractivity contribution in [2.75, 3.05) is 13.2 Å². The monoisotopic (exact) mass is 324 g/mol. The third-order valence-corrected chi connectivity index (χ3v) is 4.73. The molecule has 0 bridgehead atoms. The Morgan fingerprint density at radius 1 is 1.04 bits per heavy atom. The van der Waals surface area contributed by atoms with Crippen LogP contribution in [0.4, 0.5) is 0 Å². The molecular weight excluding hydrogens is 288 g/mol. The van der Waals surface area contributed by atoms with Gasteiger partial charge in [-0.25, -0.2) is 0 Å². The SMILES string of the molecule is CCOC(C)CCCCCCCC1=CC(C(C)OCC)CC1=O. The summed E-state index contributed by atoms with van der Waals surface area (Å²) in [4.78, 5) is 12.1. The van der Waals surface area contributed by atoms with Crippen LogP contribution >= 0.6 is 0 Å². The van der Waals surface area contributed by atoms with Crippen LogP contribution in [-0.4, -0.2) is 31.2 Å². The van der Waals surface area contributed by atoms with E-state index in [1.807, 2.05) is 6.92 Å². The van der Waals surface area contributed by atoms with Gasteiger partial charge in [0, 0.05) is 25.6 Å². The van der Waals surface area contributed by atoms with Crippen molar-refractivity contribution in [2.45, 2.75) is 91.3 Å². The lowest BCUT2D eigenvalue weighted by molar-refractivity contribution is -0.116. The molecular formula is C20H36O3. The maximum Gasteiger partial charge on any atom is 0.159 e. The number of unbranched alkanes of at least 4 members (excludes halogenated alkanes) is 4. The van der Waals surface area contributed by atoms with Gasteiger partial charge in [-0.3, -0.25) is 4.79 Å². The number of ketones is 1. The summed E-state index contributed by atoms with van der Waals surface area (Å²) < 4.78 is 11.2. The van der Waals surface area contributed by atoms with Gasteiger partial charge >= 0.3 is 0 Å². The van der Waals surface area contributed by atoms with Crippen LogP contribution in [0.15, 0.2) is 11.6 Å². The van der Waals surface area contributed by atoms with Crippen molar-refractivity contribution in [1.29, 1.82) is 0 Å². The van der Waals surface area contributed by atoms with Gasteiger partial charge in [0.1, 0.15) is 0 Å². The number of ether oxygens (including phenoxy) is 2. The highest BCUT2D eigenvalue weighted by atomic mass is 16.5. The number of Topliss-reactive ketones (excluding diaryl/α,β-unsaturated/α-hetero) is 1. The lowest BCUT2D eigenvalue weighted by Crippen LogP contribution is -2.18. The van der Waals surface area contributed by atoms with Crippen LogP contribution < -0.4 is 0 Å². The minimum atomic E-state index is 0.161. The van der Waals surface area contributed by atoms with Crippen LogP contribution in [0.2, 0.25) is 0 Å². The smallest absolute Gasteiger partial charge is 0.159 e. The lowest BCUT2D eigenvalue weighted by atomic mass is 10.0. The Balaban J connectivity index is 2.11. The normalized spacial score (nSPS) is 20.6. The van der Waals surface area contributed by atoms with Crippen molar-refractivity contribution in [3.8, 4) is 0 Å². The minimum absolute atomic E-state index is 0.161. The van der Waals surface area contributed by atoms with E-state index in [0.29, 0.717) is 18.3 Å². The average molecular weight is 325 g/mol. The molecule has 3 heteroatoms. The molecule has 3 unspecified atom stereocenters. The average Bonchev–Trinajstić information content (AvgIpc) is 2.88. The number of hydrogen-bond acceptors (Lipinski definition) is 3. The van der Waals surface area contributed by atoms with E-state index in [2.05, 4.69) is 26.8 Å². The molecule has 3 atom stereocenters. The first-order valence-corrected chi connectivity index (χ1v) is 9.55. The molecule has 134 valence electrons. The molecule has 0 spiro atoms. The molecule has 0 aromatic rings.